The van der Waals surface area contributed by atoms with Gasteiger partial charge in [0.2, 0.25) is 5.78 Å². The van der Waals surface area contributed by atoms with Crippen molar-refractivity contribution >= 4 is 35.2 Å². The molecule has 28 heavy (non-hydrogen) atoms. The highest BCUT2D eigenvalue weighted by Gasteiger charge is 2.20. The van der Waals surface area contributed by atoms with E-state index in [1.807, 2.05) is 4.98 Å². The molecule has 0 fully saturated rings. The minimum atomic E-state index is -0.968. The second-order valence-electron chi connectivity index (χ2n) is 5.67. The summed E-state index contributed by atoms with van der Waals surface area (Å²) in [5.41, 5.74) is 3.57. The van der Waals surface area contributed by atoms with Crippen molar-refractivity contribution in [2.24, 2.45) is 0 Å². The summed E-state index contributed by atoms with van der Waals surface area (Å²) in [5.74, 6) is -2.77. The van der Waals surface area contributed by atoms with Crippen LogP contribution in [0, 0.1) is 5.82 Å². The Labute approximate surface area is 163 Å². The number of nitrogens with one attached hydrogen (secondary N) is 1. The fourth-order valence-electron chi connectivity index (χ4n) is 2.38. The molecule has 0 aliphatic carbocycles. The van der Waals surface area contributed by atoms with E-state index in [1.165, 1.54) is 18.2 Å². The van der Waals surface area contributed by atoms with Crippen molar-refractivity contribution in [2.75, 3.05) is 12.3 Å². The maximum absolute atomic E-state index is 13.6. The van der Waals surface area contributed by atoms with E-state index in [2.05, 4.69) is 0 Å². The molecular weight excluding hydrogens is 393 g/mol. The van der Waals surface area contributed by atoms with E-state index < -0.39 is 41.0 Å². The number of nitrogen functional groups attached to an aromatic ring is 1. The number of nitrogens with two attached hydrogens (primary N) is 1. The van der Waals surface area contributed by atoms with Crippen molar-refractivity contribution in [1.29, 1.82) is 0 Å². The second-order valence-corrected chi connectivity index (χ2v) is 6.08. The molecule has 3 N–H and O–H groups in total. The van der Waals surface area contributed by atoms with Crippen LogP contribution in [-0.2, 0) is 16.1 Å². The zero-order valence-electron chi connectivity index (χ0n) is 14.8. The van der Waals surface area contributed by atoms with Crippen molar-refractivity contribution in [3.63, 3.8) is 0 Å². The maximum Gasteiger partial charge on any atom is 0.331 e. The van der Waals surface area contributed by atoms with Gasteiger partial charge in [0.15, 0.2) is 6.61 Å². The molecule has 0 atom stereocenters. The van der Waals surface area contributed by atoms with Crippen LogP contribution in [0.5, 0.6) is 0 Å². The van der Waals surface area contributed by atoms with E-state index in [0.717, 1.165) is 16.7 Å². The Morgan fingerprint density at radius 2 is 2.07 bits per heavy atom. The first-order valence-electron chi connectivity index (χ1n) is 8.20. The van der Waals surface area contributed by atoms with Gasteiger partial charge in [-0.2, -0.15) is 0 Å². The number of ketones is 1. The van der Waals surface area contributed by atoms with Gasteiger partial charge in [-0.15, -0.1) is 0 Å². The predicted molar refractivity (Wildman–Crippen MR) is 102 cm³/mol. The van der Waals surface area contributed by atoms with Crippen LogP contribution in [0.3, 0.4) is 0 Å². The number of ether oxygens (including phenoxy) is 1. The molecule has 2 rings (SSSR count). The van der Waals surface area contributed by atoms with Crippen LogP contribution >= 0.6 is 11.6 Å². The number of nitrogens with zero attached hydrogens (tertiary/aromatic N) is 1. The number of benzene rings is 1. The number of esters is 1. The molecule has 10 heteroatoms. The number of carbonyl (C=O) groups is 2. The Hall–Kier alpha value is -3.20. The zero-order valence-corrected chi connectivity index (χ0v) is 15.6. The largest absolute Gasteiger partial charge is 0.454 e. The highest BCUT2D eigenvalue weighted by molar-refractivity contribution is 6.32. The van der Waals surface area contributed by atoms with Gasteiger partial charge >= 0.3 is 11.7 Å². The van der Waals surface area contributed by atoms with Crippen LogP contribution in [0.25, 0.3) is 6.08 Å². The summed E-state index contributed by atoms with van der Waals surface area (Å²) in [4.78, 5) is 49.7. The van der Waals surface area contributed by atoms with Crippen molar-refractivity contribution in [3.8, 4) is 0 Å². The molecule has 0 saturated heterocycles. The first kappa shape index (κ1) is 21.1. The smallest absolute Gasteiger partial charge is 0.331 e. The molecule has 0 amide bonds. The van der Waals surface area contributed by atoms with E-state index >= 15 is 0 Å². The summed E-state index contributed by atoms with van der Waals surface area (Å²) < 4.78 is 19.5. The lowest BCUT2D eigenvalue weighted by Crippen LogP contribution is -2.37. The molecule has 1 aromatic heterocycles. The van der Waals surface area contributed by atoms with Gasteiger partial charge in [-0.3, -0.25) is 19.1 Å². The molecule has 8 nitrogen and oxygen atoms in total. The van der Waals surface area contributed by atoms with Gasteiger partial charge in [0.1, 0.15) is 17.2 Å². The molecule has 0 radical (unpaired) electrons. The fraction of sp³-hybridized carbons (Fsp3) is 0.222. The summed E-state index contributed by atoms with van der Waals surface area (Å²) in [6, 6.07) is 4.02. The minimum absolute atomic E-state index is 0.0141. The van der Waals surface area contributed by atoms with Gasteiger partial charge in [-0.1, -0.05) is 24.6 Å². The topological polar surface area (TPSA) is 124 Å². The number of rotatable bonds is 7. The van der Waals surface area contributed by atoms with Crippen LogP contribution < -0.4 is 17.0 Å². The van der Waals surface area contributed by atoms with Crippen LogP contribution in [0.4, 0.5) is 10.2 Å². The molecular formula is C18H17ClFN3O5. The number of carbonyl (C=O) groups excluding carboxylic acids is 2. The Morgan fingerprint density at radius 1 is 1.36 bits per heavy atom. The predicted octanol–water partition coefficient (Wildman–Crippen LogP) is 1.76. The summed E-state index contributed by atoms with van der Waals surface area (Å²) >= 11 is 5.83. The third-order valence-electron chi connectivity index (χ3n) is 3.70. The number of halogens is 2. The van der Waals surface area contributed by atoms with Crippen LogP contribution in [0.1, 0.15) is 29.3 Å². The number of hydrogen-bond acceptors (Lipinski definition) is 6. The molecule has 0 aliphatic heterocycles. The van der Waals surface area contributed by atoms with Gasteiger partial charge < -0.3 is 10.5 Å². The highest BCUT2D eigenvalue weighted by Crippen LogP contribution is 2.20. The number of anilines is 1. The molecule has 0 unspecified atom stereocenters. The average Bonchev–Trinajstić information content (AvgIpc) is 2.63. The SMILES string of the molecule is CCCn1c(N)c(C(=O)COC(=O)/C=C/c2c(F)cccc2Cl)c(=O)[nH]c1=O. The monoisotopic (exact) mass is 409 g/mol. The number of aromatic amines is 1. The summed E-state index contributed by atoms with van der Waals surface area (Å²) in [6.07, 6.45) is 2.54. The summed E-state index contributed by atoms with van der Waals surface area (Å²) in [5, 5.41) is 0.0950. The van der Waals surface area contributed by atoms with Crippen LogP contribution in [0.2, 0.25) is 5.02 Å². The van der Waals surface area contributed by atoms with E-state index in [-0.39, 0.29) is 22.9 Å². The van der Waals surface area contributed by atoms with E-state index in [1.54, 1.807) is 6.92 Å². The molecule has 148 valence electrons. The van der Waals surface area contributed by atoms with Crippen molar-refractivity contribution < 1.29 is 18.7 Å². The number of hydrogen-bond donors (Lipinski definition) is 2. The fourth-order valence-corrected chi connectivity index (χ4v) is 2.61. The van der Waals surface area contributed by atoms with Gasteiger partial charge in [-0.25, -0.2) is 14.0 Å². The minimum Gasteiger partial charge on any atom is -0.454 e. The number of H-pyrrole nitrogens is 1. The van der Waals surface area contributed by atoms with Crippen LogP contribution in [0.15, 0.2) is 33.9 Å². The Kier molecular flexibility index (Phi) is 6.89. The molecule has 0 aliphatic rings. The molecule has 0 bridgehead atoms. The normalized spacial score (nSPS) is 11.0. The second kappa shape index (κ2) is 9.14. The number of aromatic nitrogens is 2. The third-order valence-corrected chi connectivity index (χ3v) is 4.03. The first-order valence-corrected chi connectivity index (χ1v) is 8.58. The van der Waals surface area contributed by atoms with Gasteiger partial charge in [0.05, 0.1) is 5.02 Å². The van der Waals surface area contributed by atoms with E-state index in [9.17, 15) is 23.6 Å². The Morgan fingerprint density at radius 3 is 2.71 bits per heavy atom. The molecule has 2 aromatic rings. The lowest BCUT2D eigenvalue weighted by Gasteiger charge is -2.11. The lowest BCUT2D eigenvalue weighted by atomic mass is 10.2. The molecule has 0 spiro atoms. The summed E-state index contributed by atoms with van der Waals surface area (Å²) in [7, 11) is 0. The third kappa shape index (κ3) is 4.74. The van der Waals surface area contributed by atoms with E-state index in [0.29, 0.717) is 6.42 Å². The van der Waals surface area contributed by atoms with Gasteiger partial charge in [0, 0.05) is 18.2 Å². The van der Waals surface area contributed by atoms with Crippen molar-refractivity contribution in [3.05, 3.63) is 67.1 Å². The Balaban J connectivity index is 2.13. The zero-order chi connectivity index (χ0) is 20.8. The van der Waals surface area contributed by atoms with Crippen LogP contribution in [-0.4, -0.2) is 27.9 Å². The summed E-state index contributed by atoms with van der Waals surface area (Å²) in [6.45, 7) is 1.20. The molecule has 1 heterocycles. The first-order chi connectivity index (χ1) is 13.3. The van der Waals surface area contributed by atoms with Gasteiger partial charge in [-0.05, 0) is 24.6 Å². The number of Topliss-reactive ketones (excluding diaryl/α,β-unsaturated/α-hetero) is 1. The molecule has 1 aromatic carbocycles. The average molecular weight is 410 g/mol. The Bertz CT molecular complexity index is 1040. The maximum atomic E-state index is 13.6. The molecule has 0 saturated carbocycles. The highest BCUT2D eigenvalue weighted by atomic mass is 35.5. The van der Waals surface area contributed by atoms with E-state index in [4.69, 9.17) is 22.1 Å². The standard InChI is InChI=1S/C18H17ClFN3O5/c1-2-8-23-16(21)15(17(26)22-18(23)27)13(24)9-28-14(25)7-6-10-11(19)4-3-5-12(10)20/h3-7H,2,8-9,21H2,1H3,(H,22,26,27)/b7-6+. The van der Waals surface area contributed by atoms with Gasteiger partial charge in [0.25, 0.3) is 5.56 Å². The van der Waals surface area contributed by atoms with Crippen molar-refractivity contribution in [2.45, 2.75) is 19.9 Å². The van der Waals surface area contributed by atoms with Crippen molar-refractivity contribution in [1.82, 2.24) is 9.55 Å². The lowest BCUT2D eigenvalue weighted by molar-refractivity contribution is -0.136. The quantitative estimate of drug-likeness (QED) is 0.408.